The predicted molar refractivity (Wildman–Crippen MR) is 168 cm³/mol. The molecule has 6 rings (SSSR count). The molecule has 2 aliphatic heterocycles. The van der Waals surface area contributed by atoms with Crippen molar-refractivity contribution >= 4 is 24.8 Å². The molecule has 2 atom stereocenters. The van der Waals surface area contributed by atoms with Gasteiger partial charge in [-0.2, -0.15) is 17.9 Å². The van der Waals surface area contributed by atoms with Crippen LogP contribution < -0.4 is 4.74 Å². The van der Waals surface area contributed by atoms with Crippen molar-refractivity contribution < 1.29 is 17.9 Å². The Morgan fingerprint density at radius 2 is 1.61 bits per heavy atom. The van der Waals surface area contributed by atoms with Gasteiger partial charge in [0.2, 0.25) is 0 Å². The van der Waals surface area contributed by atoms with E-state index in [9.17, 15) is 13.2 Å². The molecule has 0 spiro atoms. The number of halogens is 5. The Hall–Kier alpha value is -3.18. The van der Waals surface area contributed by atoms with Crippen molar-refractivity contribution in [1.29, 1.82) is 0 Å². The van der Waals surface area contributed by atoms with E-state index in [-0.39, 0.29) is 42.5 Å². The maximum Gasteiger partial charge on any atom is 0.453 e. The van der Waals surface area contributed by atoms with Gasteiger partial charge in [0.05, 0.1) is 12.3 Å². The fourth-order valence-corrected chi connectivity index (χ4v) is 6.57. The smallest absolute Gasteiger partial charge is 0.453 e. The SMILES string of the molecule is CCCOc1ccc(-n2nnnc2C(F)(F)F)cc1CN1CC2CCCN2C(C(c2ccccc2)c2ccccc2)C1.Cl.Cl. The van der Waals surface area contributed by atoms with Crippen LogP contribution in [0.3, 0.4) is 0 Å². The Labute approximate surface area is 268 Å². The number of piperazine rings is 1. The lowest BCUT2D eigenvalue weighted by molar-refractivity contribution is -0.146. The van der Waals surface area contributed by atoms with Gasteiger partial charge in [0.25, 0.3) is 5.82 Å². The van der Waals surface area contributed by atoms with Gasteiger partial charge in [-0.25, -0.2) is 0 Å². The van der Waals surface area contributed by atoms with Crippen LogP contribution in [0.2, 0.25) is 0 Å². The molecule has 236 valence electrons. The molecule has 2 unspecified atom stereocenters. The first kappa shape index (κ1) is 33.7. The molecule has 3 heterocycles. The standard InChI is InChI=1S/C32H35F3N6O.2ClH/c1-2-18-42-29-16-15-26(41-31(32(33,34)35)36-37-38-41)19-25(29)20-39-21-27-14-9-17-40(27)28(22-39)30(23-10-5-3-6-11-23)24-12-7-4-8-13-24;;/h3-8,10-13,15-16,19,27-28,30H,2,9,14,17-18,20-22H2,1H3;2*1H. The van der Waals surface area contributed by atoms with Crippen LogP contribution in [0.15, 0.2) is 78.9 Å². The molecule has 3 aromatic carbocycles. The molecule has 7 nitrogen and oxygen atoms in total. The van der Waals surface area contributed by atoms with Gasteiger partial charge in [-0.05, 0) is 65.6 Å². The van der Waals surface area contributed by atoms with E-state index in [0.29, 0.717) is 24.9 Å². The number of aromatic nitrogens is 4. The second kappa shape index (κ2) is 14.7. The molecule has 12 heteroatoms. The number of rotatable bonds is 9. The van der Waals surface area contributed by atoms with E-state index in [1.165, 1.54) is 11.1 Å². The zero-order valence-electron chi connectivity index (χ0n) is 24.4. The van der Waals surface area contributed by atoms with Crippen molar-refractivity contribution in [3.63, 3.8) is 0 Å². The molecule has 4 aromatic rings. The highest BCUT2D eigenvalue weighted by Gasteiger charge is 2.42. The lowest BCUT2D eigenvalue weighted by Gasteiger charge is -2.47. The summed E-state index contributed by atoms with van der Waals surface area (Å²) in [5.74, 6) is -0.285. The van der Waals surface area contributed by atoms with Crippen LogP contribution in [-0.2, 0) is 12.7 Å². The normalized spacial score (nSPS) is 18.8. The van der Waals surface area contributed by atoms with Crippen molar-refractivity contribution in [3.8, 4) is 11.4 Å². The van der Waals surface area contributed by atoms with Crippen molar-refractivity contribution in [2.24, 2.45) is 0 Å². The van der Waals surface area contributed by atoms with Gasteiger partial charge in [0.15, 0.2) is 0 Å². The van der Waals surface area contributed by atoms with Crippen LogP contribution in [0, 0.1) is 0 Å². The number of fused-ring (bicyclic) bond motifs is 1. The minimum atomic E-state index is -4.67. The van der Waals surface area contributed by atoms with E-state index in [1.807, 2.05) is 6.92 Å². The van der Waals surface area contributed by atoms with E-state index in [0.717, 1.165) is 49.1 Å². The van der Waals surface area contributed by atoms with Gasteiger partial charge in [-0.3, -0.25) is 9.80 Å². The van der Waals surface area contributed by atoms with Gasteiger partial charge in [0.1, 0.15) is 5.75 Å². The van der Waals surface area contributed by atoms with Gasteiger partial charge in [-0.1, -0.05) is 67.6 Å². The number of benzene rings is 3. The van der Waals surface area contributed by atoms with Crippen molar-refractivity contribution in [1.82, 2.24) is 30.0 Å². The van der Waals surface area contributed by atoms with Crippen molar-refractivity contribution in [3.05, 3.63) is 101 Å². The van der Waals surface area contributed by atoms with E-state index >= 15 is 0 Å². The molecule has 0 amide bonds. The highest BCUT2D eigenvalue weighted by atomic mass is 35.5. The fourth-order valence-electron chi connectivity index (χ4n) is 6.57. The van der Waals surface area contributed by atoms with Gasteiger partial charge in [-0.15, -0.1) is 29.9 Å². The third kappa shape index (κ3) is 7.20. The predicted octanol–water partition coefficient (Wildman–Crippen LogP) is 6.79. The summed E-state index contributed by atoms with van der Waals surface area (Å²) >= 11 is 0. The molecule has 0 bridgehead atoms. The Bertz CT molecular complexity index is 1430. The summed E-state index contributed by atoms with van der Waals surface area (Å²) in [5.41, 5.74) is 3.65. The van der Waals surface area contributed by atoms with Crippen LogP contribution in [0.5, 0.6) is 5.75 Å². The molecule has 0 aliphatic carbocycles. The highest BCUT2D eigenvalue weighted by molar-refractivity contribution is 5.85. The molecule has 0 radical (unpaired) electrons. The summed E-state index contributed by atoms with van der Waals surface area (Å²) < 4.78 is 47.7. The molecule has 2 aliphatic rings. The van der Waals surface area contributed by atoms with Crippen LogP contribution in [0.4, 0.5) is 13.2 Å². The van der Waals surface area contributed by atoms with Crippen LogP contribution in [-0.4, -0.2) is 68.3 Å². The first-order valence-corrected chi connectivity index (χ1v) is 14.6. The van der Waals surface area contributed by atoms with Crippen LogP contribution in [0.1, 0.15) is 54.6 Å². The summed E-state index contributed by atoms with van der Waals surface area (Å²) in [6, 6.07) is 27.1. The number of tetrazole rings is 1. The molecular formula is C32H37Cl2F3N6O. The topological polar surface area (TPSA) is 59.3 Å². The number of hydrogen-bond acceptors (Lipinski definition) is 6. The van der Waals surface area contributed by atoms with Crippen LogP contribution in [0.25, 0.3) is 5.69 Å². The Morgan fingerprint density at radius 1 is 0.932 bits per heavy atom. The molecule has 44 heavy (non-hydrogen) atoms. The second-order valence-corrected chi connectivity index (χ2v) is 11.1. The second-order valence-electron chi connectivity index (χ2n) is 11.1. The number of hydrogen-bond donors (Lipinski definition) is 0. The Balaban J connectivity index is 0.00000221. The maximum atomic E-state index is 13.6. The lowest BCUT2D eigenvalue weighted by atomic mass is 9.82. The first-order valence-electron chi connectivity index (χ1n) is 14.6. The molecule has 2 saturated heterocycles. The van der Waals surface area contributed by atoms with E-state index < -0.39 is 12.0 Å². The lowest BCUT2D eigenvalue weighted by Crippen LogP contribution is -2.57. The summed E-state index contributed by atoms with van der Waals surface area (Å²) in [7, 11) is 0. The van der Waals surface area contributed by atoms with E-state index in [1.54, 1.807) is 18.2 Å². The zero-order chi connectivity index (χ0) is 29.1. The number of nitrogens with zero attached hydrogens (tertiary/aromatic N) is 6. The Morgan fingerprint density at radius 3 is 2.25 bits per heavy atom. The molecule has 1 aromatic heterocycles. The quantitative estimate of drug-likeness (QED) is 0.199. The van der Waals surface area contributed by atoms with Crippen molar-refractivity contribution in [2.75, 3.05) is 26.2 Å². The summed E-state index contributed by atoms with van der Waals surface area (Å²) in [5, 5.41) is 10.2. The van der Waals surface area contributed by atoms with Gasteiger partial charge < -0.3 is 4.74 Å². The zero-order valence-corrected chi connectivity index (χ0v) is 26.1. The maximum absolute atomic E-state index is 13.6. The van der Waals surface area contributed by atoms with Crippen LogP contribution >= 0.6 is 24.8 Å². The first-order chi connectivity index (χ1) is 20.4. The average Bonchev–Trinajstić information content (AvgIpc) is 3.68. The third-order valence-corrected chi connectivity index (χ3v) is 8.33. The average molecular weight is 650 g/mol. The molecular weight excluding hydrogens is 612 g/mol. The number of ether oxygens (including phenoxy) is 1. The van der Waals surface area contributed by atoms with Crippen molar-refractivity contribution in [2.45, 2.75) is 56.9 Å². The molecule has 0 saturated carbocycles. The monoisotopic (exact) mass is 648 g/mol. The molecule has 0 N–H and O–H groups in total. The van der Waals surface area contributed by atoms with Gasteiger partial charge >= 0.3 is 6.18 Å². The fraction of sp³-hybridized carbons (Fsp3) is 0.406. The Kier molecular flexibility index (Phi) is 11.3. The largest absolute Gasteiger partial charge is 0.493 e. The van der Waals surface area contributed by atoms with Gasteiger partial charge in [0, 0.05) is 43.2 Å². The van der Waals surface area contributed by atoms with E-state index in [2.05, 4.69) is 86.0 Å². The minimum Gasteiger partial charge on any atom is -0.493 e. The summed E-state index contributed by atoms with van der Waals surface area (Å²) in [6.07, 6.45) is -1.56. The summed E-state index contributed by atoms with van der Waals surface area (Å²) in [6.45, 7) is 5.88. The third-order valence-electron chi connectivity index (χ3n) is 8.33. The number of alkyl halides is 3. The van der Waals surface area contributed by atoms with E-state index in [4.69, 9.17) is 4.74 Å². The highest BCUT2D eigenvalue weighted by Crippen LogP contribution is 2.38. The summed E-state index contributed by atoms with van der Waals surface area (Å²) in [4.78, 5) is 5.13. The minimum absolute atomic E-state index is 0. The molecule has 2 fully saturated rings.